The van der Waals surface area contributed by atoms with Gasteiger partial charge in [-0.25, -0.2) is 10.4 Å². The van der Waals surface area contributed by atoms with Crippen LogP contribution in [0.3, 0.4) is 0 Å². The van der Waals surface area contributed by atoms with Crippen LogP contribution in [0.25, 0.3) is 17.1 Å². The lowest BCUT2D eigenvalue weighted by Gasteiger charge is -2.05. The molecule has 0 aliphatic carbocycles. The zero-order valence-electron chi connectivity index (χ0n) is 14.7. The SMILES string of the molecule is COc1ccccc1/C=C/C=N/NC(=O)Cn1c(C)nc2ccccc21. The zero-order chi connectivity index (χ0) is 18.4. The number of allylic oxidation sites excluding steroid dienone is 1. The molecular weight excluding hydrogens is 328 g/mol. The van der Waals surface area contributed by atoms with Gasteiger partial charge in [-0.2, -0.15) is 5.10 Å². The fourth-order valence-electron chi connectivity index (χ4n) is 2.68. The summed E-state index contributed by atoms with van der Waals surface area (Å²) in [4.78, 5) is 16.6. The molecule has 2 aromatic carbocycles. The van der Waals surface area contributed by atoms with E-state index < -0.39 is 0 Å². The van der Waals surface area contributed by atoms with Crippen molar-refractivity contribution in [1.82, 2.24) is 15.0 Å². The number of aryl methyl sites for hydroxylation is 1. The number of fused-ring (bicyclic) bond motifs is 1. The zero-order valence-corrected chi connectivity index (χ0v) is 14.7. The average molecular weight is 348 g/mol. The van der Waals surface area contributed by atoms with Gasteiger partial charge in [-0.05, 0) is 37.3 Å². The number of nitrogens with one attached hydrogen (secondary N) is 1. The Morgan fingerprint density at radius 1 is 1.23 bits per heavy atom. The van der Waals surface area contributed by atoms with E-state index >= 15 is 0 Å². The van der Waals surface area contributed by atoms with Crippen molar-refractivity contribution >= 4 is 29.2 Å². The van der Waals surface area contributed by atoms with Crippen LogP contribution < -0.4 is 10.2 Å². The Bertz CT molecular complexity index is 973. The molecule has 0 bridgehead atoms. The minimum absolute atomic E-state index is 0.167. The number of nitrogens with zero attached hydrogens (tertiary/aromatic N) is 3. The van der Waals surface area contributed by atoms with E-state index in [0.29, 0.717) is 0 Å². The number of aromatic nitrogens is 2. The summed E-state index contributed by atoms with van der Waals surface area (Å²) >= 11 is 0. The maximum atomic E-state index is 12.1. The predicted octanol–water partition coefficient (Wildman–Crippen LogP) is 3.17. The highest BCUT2D eigenvalue weighted by Crippen LogP contribution is 2.18. The first-order chi connectivity index (χ1) is 12.7. The third-order valence-electron chi connectivity index (χ3n) is 3.91. The lowest BCUT2D eigenvalue weighted by atomic mass is 10.2. The van der Waals surface area contributed by atoms with Gasteiger partial charge in [0.2, 0.25) is 0 Å². The van der Waals surface area contributed by atoms with Gasteiger partial charge in [0, 0.05) is 11.8 Å². The molecule has 0 fully saturated rings. The summed E-state index contributed by atoms with van der Waals surface area (Å²) < 4.78 is 7.14. The minimum atomic E-state index is -0.210. The number of hydrogen-bond acceptors (Lipinski definition) is 4. The summed E-state index contributed by atoms with van der Waals surface area (Å²) in [5, 5.41) is 3.95. The van der Waals surface area contributed by atoms with E-state index in [1.165, 1.54) is 6.21 Å². The molecule has 6 heteroatoms. The predicted molar refractivity (Wildman–Crippen MR) is 103 cm³/mol. The molecule has 0 spiro atoms. The Hall–Kier alpha value is -3.41. The first kappa shape index (κ1) is 17.4. The molecule has 0 aliphatic rings. The number of para-hydroxylation sites is 3. The van der Waals surface area contributed by atoms with Gasteiger partial charge in [-0.3, -0.25) is 4.79 Å². The Balaban J connectivity index is 1.59. The highest BCUT2D eigenvalue weighted by atomic mass is 16.5. The van der Waals surface area contributed by atoms with Gasteiger partial charge in [-0.15, -0.1) is 0 Å². The van der Waals surface area contributed by atoms with E-state index in [0.717, 1.165) is 28.2 Å². The van der Waals surface area contributed by atoms with Crippen LogP contribution >= 0.6 is 0 Å². The van der Waals surface area contributed by atoms with Crippen LogP contribution in [-0.2, 0) is 11.3 Å². The Morgan fingerprint density at radius 2 is 2.00 bits per heavy atom. The van der Waals surface area contributed by atoms with Gasteiger partial charge in [0.05, 0.1) is 18.1 Å². The maximum absolute atomic E-state index is 12.1. The number of carbonyl (C=O) groups is 1. The number of carbonyl (C=O) groups excluding carboxylic acids is 1. The summed E-state index contributed by atoms with van der Waals surface area (Å²) in [5.41, 5.74) is 5.27. The van der Waals surface area contributed by atoms with E-state index in [2.05, 4.69) is 15.5 Å². The van der Waals surface area contributed by atoms with Crippen LogP contribution in [0.1, 0.15) is 11.4 Å². The Kier molecular flexibility index (Phi) is 5.43. The van der Waals surface area contributed by atoms with Gasteiger partial charge in [-0.1, -0.05) is 30.3 Å². The van der Waals surface area contributed by atoms with Crippen molar-refractivity contribution in [3.63, 3.8) is 0 Å². The molecule has 3 aromatic rings. The van der Waals surface area contributed by atoms with E-state index in [9.17, 15) is 4.79 Å². The van der Waals surface area contributed by atoms with Crippen molar-refractivity contribution < 1.29 is 9.53 Å². The molecule has 3 rings (SSSR count). The van der Waals surface area contributed by atoms with Crippen LogP contribution in [-0.4, -0.2) is 28.8 Å². The monoisotopic (exact) mass is 348 g/mol. The molecule has 0 saturated heterocycles. The quantitative estimate of drug-likeness (QED) is 0.549. The molecule has 0 aliphatic heterocycles. The van der Waals surface area contributed by atoms with Crippen molar-refractivity contribution in [1.29, 1.82) is 0 Å². The molecule has 1 amide bonds. The van der Waals surface area contributed by atoms with Gasteiger partial charge in [0.1, 0.15) is 18.1 Å². The van der Waals surface area contributed by atoms with Crippen LogP contribution in [0, 0.1) is 6.92 Å². The second kappa shape index (κ2) is 8.11. The summed E-state index contributed by atoms with van der Waals surface area (Å²) in [6.45, 7) is 2.05. The topological polar surface area (TPSA) is 68.5 Å². The van der Waals surface area contributed by atoms with Gasteiger partial charge in [0.15, 0.2) is 0 Å². The molecule has 132 valence electrons. The lowest BCUT2D eigenvalue weighted by molar-refractivity contribution is -0.121. The molecule has 0 atom stereocenters. The number of hydrazone groups is 1. The second-order valence-electron chi connectivity index (χ2n) is 5.65. The van der Waals surface area contributed by atoms with E-state index in [4.69, 9.17) is 4.74 Å². The molecule has 1 N–H and O–H groups in total. The van der Waals surface area contributed by atoms with E-state index in [1.807, 2.05) is 66.1 Å². The number of amides is 1. The van der Waals surface area contributed by atoms with E-state index in [1.54, 1.807) is 13.2 Å². The van der Waals surface area contributed by atoms with Gasteiger partial charge in [0.25, 0.3) is 5.91 Å². The largest absolute Gasteiger partial charge is 0.496 e. The summed E-state index contributed by atoms with van der Waals surface area (Å²) in [5.74, 6) is 1.36. The molecule has 0 saturated carbocycles. The lowest BCUT2D eigenvalue weighted by Crippen LogP contribution is -2.23. The van der Waals surface area contributed by atoms with Crippen LogP contribution in [0.5, 0.6) is 5.75 Å². The summed E-state index contributed by atoms with van der Waals surface area (Å²) in [6.07, 6.45) is 5.14. The number of rotatable bonds is 6. The summed E-state index contributed by atoms with van der Waals surface area (Å²) in [7, 11) is 1.63. The molecule has 26 heavy (non-hydrogen) atoms. The average Bonchev–Trinajstić information content (AvgIpc) is 2.97. The van der Waals surface area contributed by atoms with Crippen molar-refractivity contribution in [2.24, 2.45) is 5.10 Å². The highest BCUT2D eigenvalue weighted by molar-refractivity contribution is 5.83. The van der Waals surface area contributed by atoms with Crippen molar-refractivity contribution in [2.45, 2.75) is 13.5 Å². The number of benzene rings is 2. The third kappa shape index (κ3) is 3.97. The minimum Gasteiger partial charge on any atom is -0.496 e. The normalized spacial score (nSPS) is 11.5. The van der Waals surface area contributed by atoms with Crippen molar-refractivity contribution in [3.8, 4) is 5.75 Å². The van der Waals surface area contributed by atoms with Crippen molar-refractivity contribution in [2.75, 3.05) is 7.11 Å². The fraction of sp³-hybridized carbons (Fsp3) is 0.150. The number of methoxy groups -OCH3 is 1. The van der Waals surface area contributed by atoms with Gasteiger partial charge >= 0.3 is 0 Å². The third-order valence-corrected chi connectivity index (χ3v) is 3.91. The Morgan fingerprint density at radius 3 is 2.85 bits per heavy atom. The maximum Gasteiger partial charge on any atom is 0.260 e. The van der Waals surface area contributed by atoms with Crippen LogP contribution in [0.15, 0.2) is 59.7 Å². The molecule has 6 nitrogen and oxygen atoms in total. The second-order valence-corrected chi connectivity index (χ2v) is 5.65. The smallest absolute Gasteiger partial charge is 0.260 e. The molecule has 1 aromatic heterocycles. The standard InChI is InChI=1S/C20H20N4O2/c1-15-22-17-10-4-5-11-18(17)24(15)14-20(25)23-21-13-7-9-16-8-3-6-12-19(16)26-2/h3-13H,14H2,1-2H3,(H,23,25)/b9-7+,21-13+. The highest BCUT2D eigenvalue weighted by Gasteiger charge is 2.09. The number of ether oxygens (including phenoxy) is 1. The number of hydrogen-bond donors (Lipinski definition) is 1. The van der Waals surface area contributed by atoms with Crippen molar-refractivity contribution in [3.05, 3.63) is 66.0 Å². The van der Waals surface area contributed by atoms with Crippen LogP contribution in [0.2, 0.25) is 0 Å². The molecule has 0 radical (unpaired) electrons. The van der Waals surface area contributed by atoms with E-state index in [-0.39, 0.29) is 12.5 Å². The molecule has 1 heterocycles. The first-order valence-corrected chi connectivity index (χ1v) is 8.22. The Labute approximate surface area is 151 Å². The summed E-state index contributed by atoms with van der Waals surface area (Å²) in [6, 6.07) is 15.4. The molecule has 0 unspecified atom stereocenters. The molecular formula is C20H20N4O2. The van der Waals surface area contributed by atoms with Gasteiger partial charge < -0.3 is 9.30 Å². The first-order valence-electron chi connectivity index (χ1n) is 8.22. The fourth-order valence-corrected chi connectivity index (χ4v) is 2.68. The number of imidazole rings is 1. The van der Waals surface area contributed by atoms with Crippen LogP contribution in [0.4, 0.5) is 0 Å².